The lowest BCUT2D eigenvalue weighted by molar-refractivity contribution is -0.126. The first-order valence-corrected chi connectivity index (χ1v) is 16.1. The minimum absolute atomic E-state index is 0.0758. The summed E-state index contributed by atoms with van der Waals surface area (Å²) in [6.07, 6.45) is 3.38. The van der Waals surface area contributed by atoms with E-state index in [1.807, 2.05) is 41.3 Å². The highest BCUT2D eigenvalue weighted by molar-refractivity contribution is 7.22. The van der Waals surface area contributed by atoms with Gasteiger partial charge in [-0.15, -0.1) is 0 Å². The van der Waals surface area contributed by atoms with Gasteiger partial charge in [-0.25, -0.2) is 13.8 Å². The molecule has 9 nitrogen and oxygen atoms in total. The number of aromatic nitrogens is 3. The number of rotatable bonds is 7. The summed E-state index contributed by atoms with van der Waals surface area (Å²) in [5.74, 6) is -0.674. The fraction of sp³-hybridized carbons (Fsp3) is 0.294. The summed E-state index contributed by atoms with van der Waals surface area (Å²) in [5.41, 5.74) is 8.37. The lowest BCUT2D eigenvalue weighted by atomic mass is 9.91. The molecule has 2 aromatic heterocycles. The first-order valence-electron chi connectivity index (χ1n) is 15.3. The Morgan fingerprint density at radius 3 is 2.54 bits per heavy atom. The Kier molecular flexibility index (Phi) is 7.99. The van der Waals surface area contributed by atoms with Crippen LogP contribution >= 0.6 is 11.3 Å². The molecule has 2 fully saturated rings. The van der Waals surface area contributed by atoms with E-state index in [2.05, 4.69) is 28.5 Å². The van der Waals surface area contributed by atoms with Crippen LogP contribution in [0.4, 0.5) is 19.7 Å². The van der Waals surface area contributed by atoms with Crippen LogP contribution in [0.15, 0.2) is 61.2 Å². The van der Waals surface area contributed by atoms with E-state index in [4.69, 9.17) is 15.5 Å². The molecule has 1 atom stereocenters. The van der Waals surface area contributed by atoms with Gasteiger partial charge in [0.2, 0.25) is 5.91 Å². The molecule has 2 saturated heterocycles. The van der Waals surface area contributed by atoms with Gasteiger partial charge in [-0.1, -0.05) is 48.2 Å². The monoisotopic (exact) mass is 641 g/mol. The number of nitrogens with zero attached hydrogens (tertiary/aromatic N) is 6. The molecular formula is C34H33F2N7O2S. The number of likely N-dealkylation sites (N-methyl/N-ethyl adjacent to an activating group) is 1. The predicted octanol–water partition coefficient (Wildman–Crippen LogP) is 5.74. The first kappa shape index (κ1) is 30.0. The third-order valence-electron chi connectivity index (χ3n) is 8.90. The average Bonchev–Trinajstić information content (AvgIpc) is 3.69. The summed E-state index contributed by atoms with van der Waals surface area (Å²) in [7, 11) is 2.06. The van der Waals surface area contributed by atoms with Crippen LogP contribution in [0.5, 0.6) is 6.01 Å². The number of nitrogen functional groups attached to an aromatic ring is 1. The van der Waals surface area contributed by atoms with Crippen LogP contribution < -0.4 is 15.4 Å². The fourth-order valence-electron chi connectivity index (χ4n) is 6.43. The van der Waals surface area contributed by atoms with Gasteiger partial charge in [0, 0.05) is 48.7 Å². The molecule has 2 aliphatic rings. The number of benzene rings is 3. The molecule has 0 saturated carbocycles. The molecule has 7 rings (SSSR count). The van der Waals surface area contributed by atoms with E-state index in [9.17, 15) is 9.18 Å². The maximum atomic E-state index is 17.3. The molecular weight excluding hydrogens is 608 g/mol. The van der Waals surface area contributed by atoms with E-state index in [1.54, 1.807) is 11.0 Å². The van der Waals surface area contributed by atoms with Crippen LogP contribution in [0.25, 0.3) is 43.4 Å². The van der Waals surface area contributed by atoms with Crippen LogP contribution in [0, 0.1) is 11.6 Å². The second kappa shape index (κ2) is 12.3. The van der Waals surface area contributed by atoms with Gasteiger partial charge in [-0.2, -0.15) is 9.97 Å². The number of halogens is 2. The van der Waals surface area contributed by atoms with E-state index in [0.29, 0.717) is 55.1 Å². The predicted molar refractivity (Wildman–Crippen MR) is 178 cm³/mol. The number of ether oxygens (including phenoxy) is 1. The molecule has 0 bridgehead atoms. The minimum atomic E-state index is -0.595. The first-order chi connectivity index (χ1) is 22.3. The van der Waals surface area contributed by atoms with Crippen LogP contribution in [-0.4, -0.2) is 83.1 Å². The summed E-state index contributed by atoms with van der Waals surface area (Å²) in [6.45, 7) is 6.86. The Bertz CT molecular complexity index is 1960. The maximum absolute atomic E-state index is 17.3. The Labute approximate surface area is 268 Å². The van der Waals surface area contributed by atoms with Gasteiger partial charge in [-0.3, -0.25) is 4.79 Å². The summed E-state index contributed by atoms with van der Waals surface area (Å²) < 4.78 is 38.6. The number of amides is 1. The molecule has 2 aliphatic heterocycles. The normalized spacial score (nSPS) is 17.2. The maximum Gasteiger partial charge on any atom is 0.319 e. The molecule has 46 heavy (non-hydrogen) atoms. The number of hydrogen-bond acceptors (Lipinski definition) is 9. The van der Waals surface area contributed by atoms with Gasteiger partial charge in [0.1, 0.15) is 23.8 Å². The number of fused-ring (bicyclic) bond motifs is 2. The summed E-state index contributed by atoms with van der Waals surface area (Å²) >= 11 is 1.02. The van der Waals surface area contributed by atoms with Crippen molar-refractivity contribution in [3.63, 3.8) is 0 Å². The lowest BCUT2D eigenvalue weighted by Gasteiger charge is -2.35. The molecule has 0 aliphatic carbocycles. The standard InChI is InChI=1S/C34H33F2N7O2S/c1-3-26(44)42-14-16-43(17-15-42)32-24-18-23(20-8-5-4-6-9-20)27(22-11-12-25(35)31-30(22)38-33(37)46-31)28(36)29(24)39-34(40-32)45-19-21-10-7-13-41(21)2/h3-6,8-9,11-12,18,21H,1,7,10,13-17,19H2,2H3,(H2,37,38)/t21-/m0/s1. The molecule has 0 radical (unpaired) electrons. The fourth-order valence-corrected chi connectivity index (χ4v) is 7.19. The number of carbonyl (C=O) groups excluding carboxylic acids is 1. The van der Waals surface area contributed by atoms with Crippen molar-refractivity contribution in [2.75, 3.05) is 57.0 Å². The van der Waals surface area contributed by atoms with Gasteiger partial charge in [-0.05, 0) is 61.8 Å². The SMILES string of the molecule is C=CC(=O)N1CCN(c2nc(OC[C@@H]3CCCN3C)nc3c(F)c(-c4ccc(F)c5sc(N)nc45)c(-c4ccccc4)cc23)CC1. The highest BCUT2D eigenvalue weighted by Crippen LogP contribution is 2.44. The van der Waals surface area contributed by atoms with Crippen molar-refractivity contribution in [3.8, 4) is 28.3 Å². The minimum Gasteiger partial charge on any atom is -0.462 e. The van der Waals surface area contributed by atoms with E-state index >= 15 is 4.39 Å². The highest BCUT2D eigenvalue weighted by atomic mass is 32.1. The average molecular weight is 642 g/mol. The van der Waals surface area contributed by atoms with Crippen molar-refractivity contribution in [2.45, 2.75) is 18.9 Å². The number of anilines is 2. The quantitative estimate of drug-likeness (QED) is 0.225. The molecule has 0 spiro atoms. The Morgan fingerprint density at radius 1 is 1.04 bits per heavy atom. The second-order valence-electron chi connectivity index (χ2n) is 11.6. The molecule has 5 aromatic rings. The Morgan fingerprint density at radius 2 is 1.83 bits per heavy atom. The van der Waals surface area contributed by atoms with Crippen LogP contribution in [-0.2, 0) is 4.79 Å². The van der Waals surface area contributed by atoms with Crippen LogP contribution in [0.3, 0.4) is 0 Å². The third-order valence-corrected chi connectivity index (χ3v) is 9.79. The van der Waals surface area contributed by atoms with E-state index < -0.39 is 11.6 Å². The number of likely N-dealkylation sites (tertiary alicyclic amines) is 1. The molecule has 2 N–H and O–H groups in total. The third kappa shape index (κ3) is 5.41. The zero-order valence-corrected chi connectivity index (χ0v) is 26.2. The Hall–Kier alpha value is -4.68. The number of piperazine rings is 1. The van der Waals surface area contributed by atoms with Gasteiger partial charge >= 0.3 is 6.01 Å². The highest BCUT2D eigenvalue weighted by Gasteiger charge is 2.29. The van der Waals surface area contributed by atoms with E-state index in [1.165, 1.54) is 12.1 Å². The largest absolute Gasteiger partial charge is 0.462 e. The van der Waals surface area contributed by atoms with Crippen molar-refractivity contribution in [3.05, 3.63) is 72.8 Å². The number of hydrogen-bond donors (Lipinski definition) is 1. The van der Waals surface area contributed by atoms with Gasteiger partial charge in [0.15, 0.2) is 10.9 Å². The lowest BCUT2D eigenvalue weighted by Crippen LogP contribution is -2.48. The summed E-state index contributed by atoms with van der Waals surface area (Å²) in [5, 5.41) is 0.695. The van der Waals surface area contributed by atoms with Gasteiger partial charge < -0.3 is 25.2 Å². The zero-order chi connectivity index (χ0) is 31.9. The molecule has 1 amide bonds. The molecule has 236 valence electrons. The van der Waals surface area contributed by atoms with Crippen molar-refractivity contribution in [1.29, 1.82) is 0 Å². The van der Waals surface area contributed by atoms with Gasteiger partial charge in [0.25, 0.3) is 0 Å². The number of nitrogens with two attached hydrogens (primary N) is 1. The summed E-state index contributed by atoms with van der Waals surface area (Å²) in [6, 6.07) is 14.5. The number of carbonyl (C=O) groups is 1. The smallest absolute Gasteiger partial charge is 0.319 e. The van der Waals surface area contributed by atoms with Crippen molar-refractivity contribution >= 4 is 49.3 Å². The van der Waals surface area contributed by atoms with Crippen LogP contribution in [0.2, 0.25) is 0 Å². The molecule has 12 heteroatoms. The van der Waals surface area contributed by atoms with Crippen LogP contribution in [0.1, 0.15) is 12.8 Å². The molecule has 0 unspecified atom stereocenters. The Balaban J connectivity index is 1.44. The van der Waals surface area contributed by atoms with E-state index in [-0.39, 0.29) is 44.4 Å². The second-order valence-corrected chi connectivity index (χ2v) is 12.7. The number of thiazole rings is 1. The van der Waals surface area contributed by atoms with Crippen molar-refractivity contribution in [2.24, 2.45) is 0 Å². The topological polar surface area (TPSA) is 101 Å². The van der Waals surface area contributed by atoms with E-state index in [0.717, 1.165) is 36.3 Å². The van der Waals surface area contributed by atoms with Gasteiger partial charge in [0.05, 0.1) is 10.2 Å². The zero-order valence-electron chi connectivity index (χ0n) is 25.4. The molecule has 4 heterocycles. The summed E-state index contributed by atoms with van der Waals surface area (Å²) in [4.78, 5) is 32.2. The van der Waals surface area contributed by atoms with Crippen molar-refractivity contribution in [1.82, 2.24) is 24.8 Å². The van der Waals surface area contributed by atoms with Crippen molar-refractivity contribution < 1.29 is 18.3 Å². The molecule has 3 aromatic carbocycles.